The van der Waals surface area contributed by atoms with Gasteiger partial charge in [0.2, 0.25) is 0 Å². The zero-order valence-corrected chi connectivity index (χ0v) is 16.7. The summed E-state index contributed by atoms with van der Waals surface area (Å²) in [6.07, 6.45) is 4.43. The second-order valence-electron chi connectivity index (χ2n) is 6.25. The van der Waals surface area contributed by atoms with Gasteiger partial charge in [0.05, 0.1) is 25.2 Å². The van der Waals surface area contributed by atoms with Crippen LogP contribution >= 0.6 is 23.5 Å². The number of carbonyl (C=O) groups is 1. The number of carbonyl (C=O) groups excluding carboxylic acids is 1. The van der Waals surface area contributed by atoms with Gasteiger partial charge in [0, 0.05) is 40.5 Å². The van der Waals surface area contributed by atoms with Gasteiger partial charge in [0.15, 0.2) is 0 Å². The van der Waals surface area contributed by atoms with Crippen molar-refractivity contribution in [1.29, 1.82) is 0 Å². The number of benzene rings is 2. The van der Waals surface area contributed by atoms with Crippen molar-refractivity contribution in [3.8, 4) is 11.5 Å². The highest BCUT2D eigenvalue weighted by Crippen LogP contribution is 2.38. The van der Waals surface area contributed by atoms with Gasteiger partial charge < -0.3 is 9.47 Å². The van der Waals surface area contributed by atoms with Crippen LogP contribution in [0.2, 0.25) is 5.02 Å². The molecule has 0 bridgehead atoms. The first-order valence-corrected chi connectivity index (χ1v) is 9.90. The predicted molar refractivity (Wildman–Crippen MR) is 108 cm³/mol. The number of rotatable bonds is 6. The lowest BCUT2D eigenvalue weighted by Gasteiger charge is -2.12. The second-order valence-corrected chi connectivity index (χ2v) is 7.54. The van der Waals surface area contributed by atoms with Crippen LogP contribution in [0.25, 0.3) is 0 Å². The van der Waals surface area contributed by atoms with Gasteiger partial charge in [-0.1, -0.05) is 17.7 Å². The molecule has 1 aliphatic heterocycles. The summed E-state index contributed by atoms with van der Waals surface area (Å²) in [5.74, 6) is 1.21. The van der Waals surface area contributed by atoms with Gasteiger partial charge in [-0.3, -0.25) is 14.2 Å². The van der Waals surface area contributed by atoms with Crippen molar-refractivity contribution in [3.05, 3.63) is 70.5 Å². The summed E-state index contributed by atoms with van der Waals surface area (Å²) in [4.78, 5) is 13.4. The Hall–Kier alpha value is -2.64. The Bertz CT molecular complexity index is 1010. The highest BCUT2D eigenvalue weighted by Gasteiger charge is 2.19. The zero-order valence-electron chi connectivity index (χ0n) is 15.1. The normalized spacial score (nSPS) is 12.4. The molecule has 1 amide bonds. The summed E-state index contributed by atoms with van der Waals surface area (Å²) < 4.78 is 15.8. The molecule has 0 atom stereocenters. The van der Waals surface area contributed by atoms with Crippen LogP contribution in [0.5, 0.6) is 11.5 Å². The number of halogens is 1. The lowest BCUT2D eigenvalue weighted by atomic mass is 10.1. The molecule has 0 unspecified atom stereocenters. The summed E-state index contributed by atoms with van der Waals surface area (Å²) >= 11 is 7.37. The van der Waals surface area contributed by atoms with Crippen LogP contribution in [0.1, 0.15) is 21.5 Å². The minimum absolute atomic E-state index is 0.222. The smallest absolute Gasteiger partial charge is 0.261 e. The summed E-state index contributed by atoms with van der Waals surface area (Å²) in [5, 5.41) is 4.83. The molecule has 2 heterocycles. The van der Waals surface area contributed by atoms with Gasteiger partial charge in [0.1, 0.15) is 11.5 Å². The minimum atomic E-state index is -0.222. The van der Waals surface area contributed by atoms with Crippen LogP contribution in [0, 0.1) is 0 Å². The van der Waals surface area contributed by atoms with Crippen LogP contribution in [-0.4, -0.2) is 29.4 Å². The highest BCUT2D eigenvalue weighted by atomic mass is 35.5. The SMILES string of the molecule is COc1cc(C(=O)NSc2cc(Cl)cc3c2OCC3)ccc1Cn1cccn1. The third kappa shape index (κ3) is 3.95. The Morgan fingerprint density at radius 1 is 1.39 bits per heavy atom. The largest absolute Gasteiger partial charge is 0.496 e. The van der Waals surface area contributed by atoms with Crippen LogP contribution in [0.15, 0.2) is 53.7 Å². The molecule has 1 aromatic heterocycles. The summed E-state index contributed by atoms with van der Waals surface area (Å²) in [6.45, 7) is 1.20. The van der Waals surface area contributed by atoms with Crippen molar-refractivity contribution in [1.82, 2.24) is 14.5 Å². The fourth-order valence-corrected chi connectivity index (χ4v) is 4.15. The van der Waals surface area contributed by atoms with E-state index >= 15 is 0 Å². The van der Waals surface area contributed by atoms with E-state index < -0.39 is 0 Å². The number of nitrogens with zero attached hydrogens (tertiary/aromatic N) is 2. The van der Waals surface area contributed by atoms with E-state index in [9.17, 15) is 4.79 Å². The minimum Gasteiger partial charge on any atom is -0.496 e. The van der Waals surface area contributed by atoms with Crippen molar-refractivity contribution in [2.24, 2.45) is 0 Å². The van der Waals surface area contributed by atoms with Crippen molar-refractivity contribution in [2.45, 2.75) is 17.9 Å². The number of nitrogens with one attached hydrogen (secondary N) is 1. The van der Waals surface area contributed by atoms with E-state index in [0.29, 0.717) is 29.5 Å². The lowest BCUT2D eigenvalue weighted by Crippen LogP contribution is -2.16. The third-order valence-electron chi connectivity index (χ3n) is 4.41. The van der Waals surface area contributed by atoms with Crippen molar-refractivity contribution in [3.63, 3.8) is 0 Å². The van der Waals surface area contributed by atoms with E-state index in [-0.39, 0.29) is 5.91 Å². The highest BCUT2D eigenvalue weighted by molar-refractivity contribution is 7.98. The molecule has 0 fully saturated rings. The number of hydrogen-bond donors (Lipinski definition) is 1. The molecule has 1 N–H and O–H groups in total. The van der Waals surface area contributed by atoms with Crippen LogP contribution < -0.4 is 14.2 Å². The number of amides is 1. The Morgan fingerprint density at radius 3 is 3.07 bits per heavy atom. The molecule has 8 heteroatoms. The molecule has 0 radical (unpaired) electrons. The number of fused-ring (bicyclic) bond motifs is 1. The molecule has 144 valence electrons. The average molecular weight is 416 g/mol. The molecule has 3 aromatic rings. The third-order valence-corrected chi connectivity index (χ3v) is 5.44. The Kier molecular flexibility index (Phi) is 5.45. The van der Waals surface area contributed by atoms with E-state index in [1.807, 2.05) is 24.4 Å². The molecule has 6 nitrogen and oxygen atoms in total. The van der Waals surface area contributed by atoms with Crippen LogP contribution in [0.3, 0.4) is 0 Å². The van der Waals surface area contributed by atoms with E-state index in [4.69, 9.17) is 21.1 Å². The second kappa shape index (κ2) is 8.16. The van der Waals surface area contributed by atoms with Gasteiger partial charge in [-0.05, 0) is 42.3 Å². The van der Waals surface area contributed by atoms with E-state index in [2.05, 4.69) is 9.82 Å². The summed E-state index contributed by atoms with van der Waals surface area (Å²) in [6, 6.07) is 10.9. The fraction of sp³-hybridized carbons (Fsp3) is 0.200. The van der Waals surface area contributed by atoms with Crippen LogP contribution in [-0.2, 0) is 13.0 Å². The van der Waals surface area contributed by atoms with Gasteiger partial charge in [-0.25, -0.2) is 0 Å². The first kappa shape index (κ1) is 18.7. The number of aromatic nitrogens is 2. The van der Waals surface area contributed by atoms with Crippen LogP contribution in [0.4, 0.5) is 0 Å². The van der Waals surface area contributed by atoms with Crippen molar-refractivity contribution in [2.75, 3.05) is 13.7 Å². The Balaban J connectivity index is 1.48. The molecule has 0 aliphatic carbocycles. The fourth-order valence-electron chi connectivity index (χ4n) is 3.06. The lowest BCUT2D eigenvalue weighted by molar-refractivity contribution is 0.0984. The van der Waals surface area contributed by atoms with Gasteiger partial charge in [-0.15, -0.1) is 0 Å². The average Bonchev–Trinajstić information content (AvgIpc) is 3.37. The first-order chi connectivity index (χ1) is 13.6. The topological polar surface area (TPSA) is 65.4 Å². The molecule has 0 spiro atoms. The van der Waals surface area contributed by atoms with Crippen molar-refractivity contribution >= 4 is 29.5 Å². The Labute approximate surface area is 171 Å². The molecule has 0 saturated carbocycles. The molecule has 4 rings (SSSR count). The van der Waals surface area contributed by atoms with E-state index in [1.54, 1.807) is 36.2 Å². The maximum absolute atomic E-state index is 12.6. The summed E-state index contributed by atoms with van der Waals surface area (Å²) in [7, 11) is 1.59. The molecule has 28 heavy (non-hydrogen) atoms. The van der Waals surface area contributed by atoms with Gasteiger partial charge in [0.25, 0.3) is 5.91 Å². The zero-order chi connectivity index (χ0) is 19.5. The van der Waals surface area contributed by atoms with E-state index in [1.165, 1.54) is 11.9 Å². The predicted octanol–water partition coefficient (Wildman–Crippen LogP) is 3.97. The number of hydrogen-bond acceptors (Lipinski definition) is 5. The van der Waals surface area contributed by atoms with Gasteiger partial charge >= 0.3 is 0 Å². The standard InChI is InChI=1S/C20H18ClN3O3S/c1-26-17-10-14(3-4-15(17)12-24-7-2-6-22-24)20(25)23-28-18-11-16(21)9-13-5-8-27-19(13)18/h2-4,6-7,9-11H,5,8,12H2,1H3,(H,23,25). The number of ether oxygens (including phenoxy) is 2. The number of methoxy groups -OCH3 is 1. The maximum atomic E-state index is 12.6. The molecule has 2 aromatic carbocycles. The van der Waals surface area contributed by atoms with E-state index in [0.717, 1.165) is 28.2 Å². The van der Waals surface area contributed by atoms with Gasteiger partial charge in [-0.2, -0.15) is 5.10 Å². The molecular weight excluding hydrogens is 398 g/mol. The summed E-state index contributed by atoms with van der Waals surface area (Å²) in [5.41, 5.74) is 2.51. The first-order valence-electron chi connectivity index (χ1n) is 8.71. The molecule has 1 aliphatic rings. The molecule has 0 saturated heterocycles. The van der Waals surface area contributed by atoms with Crippen molar-refractivity contribution < 1.29 is 14.3 Å². The molecular formula is C20H18ClN3O3S. The monoisotopic (exact) mass is 415 g/mol. The maximum Gasteiger partial charge on any atom is 0.261 e. The Morgan fingerprint density at radius 2 is 2.29 bits per heavy atom. The quantitative estimate of drug-likeness (QED) is 0.617.